The number of benzene rings is 2. The van der Waals surface area contributed by atoms with Gasteiger partial charge in [0.15, 0.2) is 5.79 Å². The fourth-order valence-corrected chi connectivity index (χ4v) is 3.82. The lowest BCUT2D eigenvalue weighted by Crippen LogP contribution is -2.45. The average Bonchev–Trinajstić information content (AvgIpc) is 3.10. The molecular weight excluding hydrogens is 335 g/mol. The minimum atomic E-state index is -0.687. The van der Waals surface area contributed by atoms with Crippen LogP contribution in [-0.4, -0.2) is 28.6 Å². The fraction of sp³-hybridized carbons (Fsp3) is 0.300. The molecule has 0 radical (unpaired) electrons. The van der Waals surface area contributed by atoms with Crippen LogP contribution in [0.25, 0.3) is 22.0 Å². The van der Waals surface area contributed by atoms with E-state index in [1.165, 1.54) is 12.1 Å². The number of hydrogen-bond donors (Lipinski definition) is 0. The summed E-state index contributed by atoms with van der Waals surface area (Å²) in [4.78, 5) is 17.7. The third kappa shape index (κ3) is 2.45. The highest BCUT2D eigenvalue weighted by Crippen LogP contribution is 2.31. The summed E-state index contributed by atoms with van der Waals surface area (Å²) in [6, 6.07) is 11.8. The van der Waals surface area contributed by atoms with Crippen LogP contribution in [0, 0.1) is 5.82 Å². The monoisotopic (exact) mass is 352 g/mol. The number of hydrogen-bond acceptors (Lipinski definition) is 4. The molecule has 0 amide bonds. The third-order valence-corrected chi connectivity index (χ3v) is 5.13. The lowest BCUT2D eigenvalue weighted by Gasteiger charge is -2.33. The fourth-order valence-electron chi connectivity index (χ4n) is 3.82. The number of halogens is 1. The van der Waals surface area contributed by atoms with E-state index in [2.05, 4.69) is 0 Å². The normalized spacial score (nSPS) is 18.3. The van der Waals surface area contributed by atoms with Crippen molar-refractivity contribution < 1.29 is 13.9 Å². The zero-order valence-corrected chi connectivity index (χ0v) is 14.1. The summed E-state index contributed by atoms with van der Waals surface area (Å²) in [5, 5.41) is 0.545. The molecule has 0 aliphatic carbocycles. The summed E-state index contributed by atoms with van der Waals surface area (Å²) in [5.74, 6) is -0.236. The summed E-state index contributed by atoms with van der Waals surface area (Å²) in [6.45, 7) is 1.49. The quantitative estimate of drug-likeness (QED) is 0.676. The maximum Gasteiger partial charge on any atom is 0.261 e. The van der Waals surface area contributed by atoms with Crippen LogP contribution in [0.1, 0.15) is 12.2 Å². The summed E-state index contributed by atoms with van der Waals surface area (Å²) in [5.41, 5.74) is 2.14. The first kappa shape index (κ1) is 15.7. The third-order valence-electron chi connectivity index (χ3n) is 5.13. The Morgan fingerprint density at radius 2 is 1.88 bits per heavy atom. The number of aryl methyl sites for hydroxylation is 1. The molecule has 1 fully saturated rings. The lowest BCUT2D eigenvalue weighted by atomic mass is 10.0. The molecule has 26 heavy (non-hydrogen) atoms. The van der Waals surface area contributed by atoms with E-state index < -0.39 is 5.79 Å². The highest BCUT2D eigenvalue weighted by atomic mass is 19.1. The van der Waals surface area contributed by atoms with Crippen LogP contribution in [0.2, 0.25) is 0 Å². The molecule has 0 saturated carbocycles. The van der Waals surface area contributed by atoms with Gasteiger partial charge in [0.2, 0.25) is 0 Å². The van der Waals surface area contributed by atoms with Crippen LogP contribution in [0.4, 0.5) is 4.39 Å². The molecule has 2 aromatic carbocycles. The second-order valence-electron chi connectivity index (χ2n) is 6.77. The van der Waals surface area contributed by atoms with Crippen molar-refractivity contribution in [1.82, 2.24) is 9.55 Å². The van der Waals surface area contributed by atoms with Gasteiger partial charge in [-0.1, -0.05) is 18.2 Å². The van der Waals surface area contributed by atoms with E-state index in [-0.39, 0.29) is 11.4 Å². The van der Waals surface area contributed by atoms with Crippen LogP contribution in [0.15, 0.2) is 47.3 Å². The van der Waals surface area contributed by atoms with Gasteiger partial charge < -0.3 is 9.47 Å². The Morgan fingerprint density at radius 3 is 2.69 bits per heavy atom. The predicted octanol–water partition coefficient (Wildman–Crippen LogP) is 2.89. The molecule has 2 aliphatic heterocycles. The van der Waals surface area contributed by atoms with E-state index in [0.717, 1.165) is 17.0 Å². The summed E-state index contributed by atoms with van der Waals surface area (Å²) >= 11 is 0. The Bertz CT molecular complexity index is 1070. The Hall–Kier alpha value is -2.57. The van der Waals surface area contributed by atoms with Crippen LogP contribution in [-0.2, 0) is 22.4 Å². The molecule has 5 nitrogen and oxygen atoms in total. The van der Waals surface area contributed by atoms with E-state index in [1.807, 2.05) is 18.2 Å². The number of aromatic nitrogens is 2. The van der Waals surface area contributed by atoms with Gasteiger partial charge in [0.05, 0.1) is 30.7 Å². The minimum Gasteiger partial charge on any atom is -0.346 e. The number of ether oxygens (including phenoxy) is 2. The molecular formula is C20H17FN2O3. The average molecular weight is 352 g/mol. The predicted molar refractivity (Wildman–Crippen MR) is 94.4 cm³/mol. The summed E-state index contributed by atoms with van der Waals surface area (Å²) < 4.78 is 26.7. The molecule has 132 valence electrons. The molecule has 0 atom stereocenters. The summed E-state index contributed by atoms with van der Waals surface area (Å²) in [6.07, 6.45) is 1.31. The van der Waals surface area contributed by atoms with Crippen molar-refractivity contribution in [3.63, 3.8) is 0 Å². The van der Waals surface area contributed by atoms with E-state index in [1.54, 1.807) is 16.7 Å². The molecule has 0 unspecified atom stereocenters. The Morgan fingerprint density at radius 1 is 1.08 bits per heavy atom. The van der Waals surface area contributed by atoms with E-state index in [4.69, 9.17) is 14.5 Å². The molecule has 1 aromatic heterocycles. The van der Waals surface area contributed by atoms with Gasteiger partial charge in [-0.25, -0.2) is 9.37 Å². The molecule has 5 rings (SSSR count). The Balaban J connectivity index is 1.62. The van der Waals surface area contributed by atoms with Gasteiger partial charge in [-0.3, -0.25) is 9.36 Å². The smallest absolute Gasteiger partial charge is 0.261 e. The zero-order valence-electron chi connectivity index (χ0n) is 14.1. The van der Waals surface area contributed by atoms with Crippen molar-refractivity contribution in [3.8, 4) is 11.1 Å². The SMILES string of the molecule is O=c1c2ccc(-c3cccc(F)c3)cc2nc2n1CC1(CC2)OCCO1. The molecule has 0 bridgehead atoms. The Kier molecular flexibility index (Phi) is 3.45. The van der Waals surface area contributed by atoms with Crippen LogP contribution in [0.3, 0.4) is 0 Å². The lowest BCUT2D eigenvalue weighted by molar-refractivity contribution is -0.178. The van der Waals surface area contributed by atoms with Gasteiger partial charge in [-0.05, 0) is 35.4 Å². The standard InChI is InChI=1S/C20H17FN2O3/c21-15-3-1-2-13(10-15)14-4-5-16-17(11-14)22-18-6-7-20(25-8-9-26-20)12-23(18)19(16)24/h1-5,10-11H,6-9,12H2. The van der Waals surface area contributed by atoms with Gasteiger partial charge in [-0.15, -0.1) is 0 Å². The van der Waals surface area contributed by atoms with E-state index >= 15 is 0 Å². The number of fused-ring (bicyclic) bond motifs is 2. The van der Waals surface area contributed by atoms with Crippen LogP contribution < -0.4 is 5.56 Å². The zero-order chi connectivity index (χ0) is 17.7. The van der Waals surface area contributed by atoms with Gasteiger partial charge in [0.1, 0.15) is 11.6 Å². The van der Waals surface area contributed by atoms with Gasteiger partial charge in [0, 0.05) is 12.8 Å². The second-order valence-corrected chi connectivity index (χ2v) is 6.77. The molecule has 1 spiro atoms. The van der Waals surface area contributed by atoms with Gasteiger partial charge in [-0.2, -0.15) is 0 Å². The van der Waals surface area contributed by atoms with Crippen molar-refractivity contribution in [2.24, 2.45) is 0 Å². The largest absolute Gasteiger partial charge is 0.346 e. The summed E-state index contributed by atoms with van der Waals surface area (Å²) in [7, 11) is 0. The minimum absolute atomic E-state index is 0.0889. The highest BCUT2D eigenvalue weighted by Gasteiger charge is 2.41. The first-order valence-corrected chi connectivity index (χ1v) is 8.71. The molecule has 1 saturated heterocycles. The topological polar surface area (TPSA) is 53.4 Å². The van der Waals surface area contributed by atoms with Crippen molar-refractivity contribution in [1.29, 1.82) is 0 Å². The molecule has 3 aromatic rings. The van der Waals surface area contributed by atoms with Crippen molar-refractivity contribution in [2.75, 3.05) is 13.2 Å². The molecule has 2 aliphatic rings. The maximum atomic E-state index is 13.5. The van der Waals surface area contributed by atoms with Crippen molar-refractivity contribution in [3.05, 3.63) is 64.5 Å². The molecule has 3 heterocycles. The van der Waals surface area contributed by atoms with Gasteiger partial charge in [0.25, 0.3) is 5.56 Å². The Labute approximate surface area is 149 Å². The van der Waals surface area contributed by atoms with Crippen LogP contribution in [0.5, 0.6) is 0 Å². The first-order valence-electron chi connectivity index (χ1n) is 8.71. The highest BCUT2D eigenvalue weighted by molar-refractivity contribution is 5.83. The molecule has 0 N–H and O–H groups in total. The van der Waals surface area contributed by atoms with Crippen molar-refractivity contribution in [2.45, 2.75) is 25.2 Å². The van der Waals surface area contributed by atoms with E-state index in [0.29, 0.717) is 43.5 Å². The second kappa shape index (κ2) is 5.72. The number of nitrogens with zero attached hydrogens (tertiary/aromatic N) is 2. The first-order chi connectivity index (χ1) is 12.6. The maximum absolute atomic E-state index is 13.5. The van der Waals surface area contributed by atoms with Crippen molar-refractivity contribution >= 4 is 10.9 Å². The van der Waals surface area contributed by atoms with E-state index in [9.17, 15) is 9.18 Å². The number of rotatable bonds is 1. The molecule has 6 heteroatoms. The van der Waals surface area contributed by atoms with Gasteiger partial charge >= 0.3 is 0 Å². The van der Waals surface area contributed by atoms with Crippen LogP contribution >= 0.6 is 0 Å².